The van der Waals surface area contributed by atoms with Gasteiger partial charge in [-0.3, -0.25) is 9.80 Å². The lowest BCUT2D eigenvalue weighted by Gasteiger charge is -2.41. The topological polar surface area (TPSA) is 6.48 Å². The number of rotatable bonds is 3. The van der Waals surface area contributed by atoms with E-state index in [2.05, 4.69) is 40.1 Å². The quantitative estimate of drug-likeness (QED) is 0.833. The van der Waals surface area contributed by atoms with Gasteiger partial charge in [0.05, 0.1) is 0 Å². The van der Waals surface area contributed by atoms with Crippen molar-refractivity contribution in [3.05, 3.63) is 35.9 Å². The lowest BCUT2D eigenvalue weighted by Crippen LogP contribution is -2.51. The lowest BCUT2D eigenvalue weighted by atomic mass is 9.93. The van der Waals surface area contributed by atoms with Gasteiger partial charge >= 0.3 is 0 Å². The molecule has 1 aliphatic heterocycles. The maximum Gasteiger partial charge on any atom is 0.0234 e. The first-order chi connectivity index (χ1) is 9.88. The molecule has 0 radical (unpaired) electrons. The van der Waals surface area contributed by atoms with Crippen LogP contribution in [0.3, 0.4) is 0 Å². The van der Waals surface area contributed by atoms with Gasteiger partial charge in [0, 0.05) is 38.8 Å². The van der Waals surface area contributed by atoms with Crippen LogP contribution < -0.4 is 0 Å². The first-order valence-corrected chi connectivity index (χ1v) is 8.39. The Kier molecular flexibility index (Phi) is 3.53. The van der Waals surface area contributed by atoms with Crippen molar-refractivity contribution >= 4 is 0 Å². The number of hydrogen-bond donors (Lipinski definition) is 0. The van der Waals surface area contributed by atoms with Crippen LogP contribution in [-0.2, 0) is 6.54 Å². The summed E-state index contributed by atoms with van der Waals surface area (Å²) in [5.74, 6) is 2.12. The molecule has 0 unspecified atom stereocenters. The van der Waals surface area contributed by atoms with Crippen LogP contribution in [0.4, 0.5) is 0 Å². The fraction of sp³-hybridized carbons (Fsp3) is 0.667. The van der Waals surface area contributed by atoms with Crippen molar-refractivity contribution in [1.29, 1.82) is 0 Å². The molecule has 1 aromatic rings. The molecule has 2 nitrogen and oxygen atoms in total. The number of piperazine rings is 1. The Balaban J connectivity index is 1.30. The summed E-state index contributed by atoms with van der Waals surface area (Å²) in [6, 6.07) is 11.9. The molecular weight excluding hydrogens is 244 g/mol. The van der Waals surface area contributed by atoms with Gasteiger partial charge in [-0.05, 0) is 36.7 Å². The third kappa shape index (κ3) is 2.51. The molecule has 0 spiro atoms. The van der Waals surface area contributed by atoms with E-state index in [0.717, 1.165) is 24.4 Å². The van der Waals surface area contributed by atoms with Crippen LogP contribution in [0.1, 0.15) is 31.2 Å². The highest BCUT2D eigenvalue weighted by Crippen LogP contribution is 2.46. The van der Waals surface area contributed by atoms with Crippen molar-refractivity contribution in [2.75, 3.05) is 26.2 Å². The summed E-state index contributed by atoms with van der Waals surface area (Å²) in [6.07, 6.45) is 6.08. The monoisotopic (exact) mass is 270 g/mol. The van der Waals surface area contributed by atoms with Crippen LogP contribution >= 0.6 is 0 Å². The fourth-order valence-electron chi connectivity index (χ4n) is 4.75. The summed E-state index contributed by atoms with van der Waals surface area (Å²) < 4.78 is 0. The molecular formula is C18H26N2. The third-order valence-electron chi connectivity index (χ3n) is 5.83. The molecule has 3 fully saturated rings. The van der Waals surface area contributed by atoms with E-state index in [1.807, 2.05) is 0 Å². The SMILES string of the molecule is c1ccc(CN2CCN([C@@H]3C[C@H]4CC[C@H]3C4)CC2)cc1. The van der Waals surface area contributed by atoms with Gasteiger partial charge in [-0.15, -0.1) is 0 Å². The molecule has 0 amide bonds. The molecule has 1 heterocycles. The summed E-state index contributed by atoms with van der Waals surface area (Å²) in [4.78, 5) is 5.43. The minimum atomic E-state index is 0.938. The second-order valence-corrected chi connectivity index (χ2v) is 7.04. The van der Waals surface area contributed by atoms with Gasteiger partial charge in [-0.2, -0.15) is 0 Å². The molecule has 1 aromatic carbocycles. The van der Waals surface area contributed by atoms with E-state index in [-0.39, 0.29) is 0 Å². The summed E-state index contributed by atoms with van der Waals surface area (Å²) in [5.41, 5.74) is 1.46. The smallest absolute Gasteiger partial charge is 0.0234 e. The highest BCUT2D eigenvalue weighted by molar-refractivity contribution is 5.14. The first-order valence-electron chi connectivity index (χ1n) is 8.39. The molecule has 2 bridgehead atoms. The van der Waals surface area contributed by atoms with E-state index >= 15 is 0 Å². The number of benzene rings is 1. The first kappa shape index (κ1) is 12.8. The highest BCUT2D eigenvalue weighted by Gasteiger charge is 2.42. The zero-order valence-electron chi connectivity index (χ0n) is 12.4. The normalized spacial score (nSPS) is 34.7. The molecule has 2 aliphatic carbocycles. The fourth-order valence-corrected chi connectivity index (χ4v) is 4.75. The molecule has 3 atom stereocenters. The van der Waals surface area contributed by atoms with E-state index in [9.17, 15) is 0 Å². The van der Waals surface area contributed by atoms with E-state index in [4.69, 9.17) is 0 Å². The predicted octanol–water partition coefficient (Wildman–Crippen LogP) is 2.99. The van der Waals surface area contributed by atoms with E-state index in [1.54, 1.807) is 0 Å². The molecule has 1 saturated heterocycles. The molecule has 2 saturated carbocycles. The lowest BCUT2D eigenvalue weighted by molar-refractivity contribution is 0.0680. The molecule has 108 valence electrons. The van der Waals surface area contributed by atoms with Crippen LogP contribution in [0.5, 0.6) is 0 Å². The maximum absolute atomic E-state index is 2.81. The van der Waals surface area contributed by atoms with Gasteiger partial charge in [-0.25, -0.2) is 0 Å². The Labute approximate surface area is 122 Å². The summed E-state index contributed by atoms with van der Waals surface area (Å²) in [6.45, 7) is 6.22. The number of hydrogen-bond acceptors (Lipinski definition) is 2. The zero-order chi connectivity index (χ0) is 13.4. The van der Waals surface area contributed by atoms with Crippen molar-refractivity contribution in [3.8, 4) is 0 Å². The van der Waals surface area contributed by atoms with Crippen molar-refractivity contribution in [2.24, 2.45) is 11.8 Å². The third-order valence-corrected chi connectivity index (χ3v) is 5.83. The molecule has 0 aromatic heterocycles. The number of nitrogens with zero attached hydrogens (tertiary/aromatic N) is 2. The average molecular weight is 270 g/mol. The van der Waals surface area contributed by atoms with Gasteiger partial charge < -0.3 is 0 Å². The van der Waals surface area contributed by atoms with Crippen LogP contribution in [0, 0.1) is 11.8 Å². The second kappa shape index (κ2) is 5.50. The van der Waals surface area contributed by atoms with Crippen molar-refractivity contribution in [3.63, 3.8) is 0 Å². The minimum absolute atomic E-state index is 0.938. The summed E-state index contributed by atoms with van der Waals surface area (Å²) in [5, 5.41) is 0. The van der Waals surface area contributed by atoms with Gasteiger partial charge in [0.2, 0.25) is 0 Å². The Hall–Kier alpha value is -0.860. The van der Waals surface area contributed by atoms with Gasteiger partial charge in [0.25, 0.3) is 0 Å². The van der Waals surface area contributed by atoms with Crippen LogP contribution in [0.2, 0.25) is 0 Å². The highest BCUT2D eigenvalue weighted by atomic mass is 15.3. The Morgan fingerprint density at radius 3 is 2.35 bits per heavy atom. The van der Waals surface area contributed by atoms with E-state index in [1.165, 1.54) is 57.4 Å². The van der Waals surface area contributed by atoms with Crippen LogP contribution in [0.25, 0.3) is 0 Å². The van der Waals surface area contributed by atoms with Crippen molar-refractivity contribution in [2.45, 2.75) is 38.3 Å². The van der Waals surface area contributed by atoms with E-state index in [0.29, 0.717) is 0 Å². The Bertz CT molecular complexity index is 436. The van der Waals surface area contributed by atoms with Crippen molar-refractivity contribution in [1.82, 2.24) is 9.80 Å². The Morgan fingerprint density at radius 1 is 0.900 bits per heavy atom. The predicted molar refractivity (Wildman–Crippen MR) is 82.5 cm³/mol. The minimum Gasteiger partial charge on any atom is -0.298 e. The van der Waals surface area contributed by atoms with Gasteiger partial charge in [0.15, 0.2) is 0 Å². The van der Waals surface area contributed by atoms with E-state index < -0.39 is 0 Å². The molecule has 4 rings (SSSR count). The average Bonchev–Trinajstić information content (AvgIpc) is 3.12. The largest absolute Gasteiger partial charge is 0.298 e. The van der Waals surface area contributed by atoms with Crippen LogP contribution in [0.15, 0.2) is 30.3 Å². The molecule has 20 heavy (non-hydrogen) atoms. The zero-order valence-corrected chi connectivity index (χ0v) is 12.4. The van der Waals surface area contributed by atoms with Gasteiger partial charge in [-0.1, -0.05) is 36.8 Å². The van der Waals surface area contributed by atoms with Crippen LogP contribution in [-0.4, -0.2) is 42.0 Å². The standard InChI is InChI=1S/C18H26N2/c1-2-4-15(5-3-1)14-19-8-10-20(11-9-19)18-13-16-6-7-17(18)12-16/h1-5,16-18H,6-14H2/t16-,17-,18+/m0/s1. The molecule has 3 aliphatic rings. The molecule has 2 heteroatoms. The Morgan fingerprint density at radius 2 is 1.70 bits per heavy atom. The van der Waals surface area contributed by atoms with Crippen molar-refractivity contribution < 1.29 is 0 Å². The maximum atomic E-state index is 2.81. The number of fused-ring (bicyclic) bond motifs is 2. The second-order valence-electron chi connectivity index (χ2n) is 7.04. The molecule has 0 N–H and O–H groups in total. The van der Waals surface area contributed by atoms with Gasteiger partial charge in [0.1, 0.15) is 0 Å². The summed E-state index contributed by atoms with van der Waals surface area (Å²) >= 11 is 0. The summed E-state index contributed by atoms with van der Waals surface area (Å²) in [7, 11) is 0.